The van der Waals surface area contributed by atoms with Crippen molar-refractivity contribution in [2.45, 2.75) is 57.6 Å². The zero-order chi connectivity index (χ0) is 26.1. The van der Waals surface area contributed by atoms with Crippen LogP contribution in [0.15, 0.2) is 47.6 Å². The Bertz CT molecular complexity index is 1380. The van der Waals surface area contributed by atoms with Crippen LogP contribution in [0.3, 0.4) is 0 Å². The smallest absolute Gasteiger partial charge is 0.410 e. The lowest BCUT2D eigenvalue weighted by molar-refractivity contribution is 0.0193. The number of thiocarbonyl (C=S) groups is 1. The zero-order valence-corrected chi connectivity index (χ0v) is 22.5. The second-order valence-electron chi connectivity index (χ2n) is 9.98. The van der Waals surface area contributed by atoms with Gasteiger partial charge in [0, 0.05) is 25.2 Å². The number of aryl methyl sites for hydroxylation is 1. The highest BCUT2D eigenvalue weighted by molar-refractivity contribution is 7.90. The Morgan fingerprint density at radius 3 is 2.64 bits per heavy atom. The zero-order valence-electron chi connectivity index (χ0n) is 20.9. The molecular weight excluding hydrogens is 498 g/mol. The van der Waals surface area contributed by atoms with Gasteiger partial charge in [-0.2, -0.15) is 0 Å². The number of likely N-dealkylation sites (tertiary alicyclic amines) is 1. The van der Waals surface area contributed by atoms with Crippen LogP contribution in [-0.2, 0) is 21.3 Å². The van der Waals surface area contributed by atoms with Crippen molar-refractivity contribution in [1.82, 2.24) is 24.2 Å². The summed E-state index contributed by atoms with van der Waals surface area (Å²) in [6, 6.07) is 8.32. The average Bonchev–Trinajstić information content (AvgIpc) is 3.26. The summed E-state index contributed by atoms with van der Waals surface area (Å²) in [6.07, 6.45) is 4.43. The molecule has 1 aliphatic heterocycles. The maximum Gasteiger partial charge on any atom is 0.410 e. The molecule has 1 fully saturated rings. The van der Waals surface area contributed by atoms with Gasteiger partial charge in [0.2, 0.25) is 0 Å². The van der Waals surface area contributed by atoms with Crippen LogP contribution in [0.5, 0.6) is 0 Å². The van der Waals surface area contributed by atoms with E-state index < -0.39 is 15.6 Å². The van der Waals surface area contributed by atoms with E-state index in [0.29, 0.717) is 35.8 Å². The molecule has 1 saturated heterocycles. The van der Waals surface area contributed by atoms with Crippen molar-refractivity contribution < 1.29 is 17.9 Å². The summed E-state index contributed by atoms with van der Waals surface area (Å²) in [5.74, 6) is 0.0266. The first-order valence-electron chi connectivity index (χ1n) is 11.8. The molecule has 1 atom stereocenters. The van der Waals surface area contributed by atoms with Crippen LogP contribution in [0.25, 0.3) is 11.2 Å². The van der Waals surface area contributed by atoms with Gasteiger partial charge in [-0.15, -0.1) is 0 Å². The third kappa shape index (κ3) is 5.84. The number of hydrogen-bond acceptors (Lipinski definition) is 7. The fourth-order valence-corrected chi connectivity index (χ4v) is 5.60. The topological polar surface area (TPSA) is 106 Å². The highest BCUT2D eigenvalue weighted by Crippen LogP contribution is 2.22. The molecule has 1 aromatic carbocycles. The number of nitrogens with zero attached hydrogens (tertiary/aromatic N) is 4. The number of aromatic nitrogens is 3. The van der Waals surface area contributed by atoms with Crippen molar-refractivity contribution in [3.05, 3.63) is 54.0 Å². The van der Waals surface area contributed by atoms with E-state index in [1.165, 1.54) is 6.20 Å². The Hall–Kier alpha value is -3.05. The molecule has 0 unspecified atom stereocenters. The van der Waals surface area contributed by atoms with Crippen LogP contribution < -0.4 is 5.32 Å². The molecule has 4 rings (SSSR count). The molecule has 36 heavy (non-hydrogen) atoms. The van der Waals surface area contributed by atoms with Gasteiger partial charge in [-0.1, -0.05) is 29.9 Å². The van der Waals surface area contributed by atoms with Gasteiger partial charge in [-0.3, -0.25) is 0 Å². The Morgan fingerprint density at radius 1 is 1.22 bits per heavy atom. The number of carbonyl (C=O) groups excluding carboxylic acids is 1. The molecule has 11 heteroatoms. The van der Waals surface area contributed by atoms with Crippen LogP contribution >= 0.6 is 12.2 Å². The molecule has 1 aliphatic rings. The van der Waals surface area contributed by atoms with E-state index in [2.05, 4.69) is 15.3 Å². The Balaban J connectivity index is 1.41. The summed E-state index contributed by atoms with van der Waals surface area (Å²) in [6.45, 7) is 8.96. The third-order valence-corrected chi connectivity index (χ3v) is 8.03. The van der Waals surface area contributed by atoms with Gasteiger partial charge in [-0.05, 0) is 58.7 Å². The number of amides is 1. The van der Waals surface area contributed by atoms with E-state index in [4.69, 9.17) is 17.0 Å². The molecular formula is C25H31N5O4S2. The molecule has 1 N–H and O–H groups in total. The first-order chi connectivity index (χ1) is 16.9. The molecule has 1 amide bonds. The van der Waals surface area contributed by atoms with E-state index >= 15 is 0 Å². The summed E-state index contributed by atoms with van der Waals surface area (Å²) in [4.78, 5) is 23.9. The van der Waals surface area contributed by atoms with Gasteiger partial charge in [-0.25, -0.2) is 27.2 Å². The number of piperidine rings is 1. The Kier molecular flexibility index (Phi) is 7.33. The number of benzene rings is 1. The van der Waals surface area contributed by atoms with Gasteiger partial charge >= 0.3 is 6.09 Å². The normalized spacial score (nSPS) is 16.7. The van der Waals surface area contributed by atoms with Crippen molar-refractivity contribution in [3.8, 4) is 0 Å². The van der Waals surface area contributed by atoms with Crippen molar-refractivity contribution in [2.24, 2.45) is 5.92 Å². The van der Waals surface area contributed by atoms with Gasteiger partial charge in [0.15, 0.2) is 5.65 Å². The van der Waals surface area contributed by atoms with E-state index in [9.17, 15) is 13.2 Å². The maximum absolute atomic E-state index is 13.1. The van der Waals surface area contributed by atoms with E-state index in [1.54, 1.807) is 41.4 Å². The average molecular weight is 530 g/mol. The lowest BCUT2D eigenvalue weighted by Gasteiger charge is -2.34. The Morgan fingerprint density at radius 2 is 1.94 bits per heavy atom. The van der Waals surface area contributed by atoms with Crippen molar-refractivity contribution in [3.63, 3.8) is 0 Å². The Labute approximate surface area is 216 Å². The number of nitrogens with one attached hydrogen (secondary N) is 1. The van der Waals surface area contributed by atoms with Crippen LogP contribution in [0.2, 0.25) is 0 Å². The summed E-state index contributed by atoms with van der Waals surface area (Å²) < 4.78 is 32.8. The lowest BCUT2D eigenvalue weighted by Crippen LogP contribution is -2.46. The van der Waals surface area contributed by atoms with Crippen molar-refractivity contribution >= 4 is 44.5 Å². The molecule has 3 aromatic rings. The van der Waals surface area contributed by atoms with Crippen molar-refractivity contribution in [1.29, 1.82) is 0 Å². The SMILES string of the molecule is Cc1ccc(S(=O)(=O)n2ccc3nc(CNC(=S)[C@@H]4CCCN(C(=O)OC(C)(C)C)C4)cnc32)cc1. The van der Waals surface area contributed by atoms with Gasteiger partial charge in [0.25, 0.3) is 10.0 Å². The summed E-state index contributed by atoms with van der Waals surface area (Å²) >= 11 is 5.61. The molecule has 3 heterocycles. The third-order valence-electron chi connectivity index (χ3n) is 5.87. The fraction of sp³-hybridized carbons (Fsp3) is 0.440. The van der Waals surface area contributed by atoms with E-state index in [1.807, 2.05) is 27.7 Å². The minimum absolute atomic E-state index is 0.0266. The summed E-state index contributed by atoms with van der Waals surface area (Å²) in [7, 11) is -3.78. The highest BCUT2D eigenvalue weighted by atomic mass is 32.2. The monoisotopic (exact) mass is 529 g/mol. The molecule has 192 valence electrons. The van der Waals surface area contributed by atoms with Gasteiger partial charge in [0.05, 0.1) is 28.3 Å². The van der Waals surface area contributed by atoms with Crippen LogP contribution in [0.1, 0.15) is 44.9 Å². The molecule has 0 bridgehead atoms. The minimum Gasteiger partial charge on any atom is -0.444 e. The predicted molar refractivity (Wildman–Crippen MR) is 141 cm³/mol. The van der Waals surface area contributed by atoms with Gasteiger partial charge < -0.3 is 15.0 Å². The lowest BCUT2D eigenvalue weighted by atomic mass is 9.98. The van der Waals surface area contributed by atoms with Crippen molar-refractivity contribution in [2.75, 3.05) is 13.1 Å². The second-order valence-corrected chi connectivity index (χ2v) is 12.2. The largest absolute Gasteiger partial charge is 0.444 e. The first-order valence-corrected chi connectivity index (χ1v) is 13.7. The number of hydrogen-bond donors (Lipinski definition) is 1. The molecule has 0 aliphatic carbocycles. The number of rotatable bonds is 5. The molecule has 0 radical (unpaired) electrons. The van der Waals surface area contributed by atoms with Gasteiger partial charge in [0.1, 0.15) is 11.1 Å². The molecule has 9 nitrogen and oxygen atoms in total. The van der Waals surface area contributed by atoms with E-state index in [0.717, 1.165) is 22.4 Å². The second kappa shape index (κ2) is 10.1. The van der Waals surface area contributed by atoms with E-state index in [-0.39, 0.29) is 22.6 Å². The first kappa shape index (κ1) is 26.0. The van der Waals surface area contributed by atoms with Crippen LogP contribution in [-0.4, -0.2) is 57.0 Å². The number of ether oxygens (including phenoxy) is 1. The predicted octanol–water partition coefficient (Wildman–Crippen LogP) is 4.04. The standard InChI is InChI=1S/C25H31N5O4S2/c1-17-7-9-20(10-8-17)36(32,33)30-13-11-21-22(30)26-14-19(28-21)15-27-23(35)18-6-5-12-29(16-18)24(31)34-25(2,3)4/h7-11,13-14,18H,5-6,12,15-16H2,1-4H3,(H,27,35)/t18-/m1/s1. The number of carbonyl (C=O) groups is 1. The fourth-order valence-electron chi connectivity index (χ4n) is 4.03. The summed E-state index contributed by atoms with van der Waals surface area (Å²) in [5.41, 5.74) is 1.81. The highest BCUT2D eigenvalue weighted by Gasteiger charge is 2.29. The summed E-state index contributed by atoms with van der Waals surface area (Å²) in [5, 5.41) is 3.23. The minimum atomic E-state index is -3.78. The molecule has 2 aromatic heterocycles. The quantitative estimate of drug-likeness (QED) is 0.494. The van der Waals surface area contributed by atoms with Crippen LogP contribution in [0.4, 0.5) is 4.79 Å². The maximum atomic E-state index is 13.1. The molecule has 0 saturated carbocycles. The van der Waals surface area contributed by atoms with Crippen LogP contribution in [0, 0.1) is 12.8 Å². The molecule has 0 spiro atoms. The number of fused-ring (bicyclic) bond motifs is 1.